The SMILES string of the molecule is Cc1c[n+](N)c(C#C[Si](C)(C)C)cc1NC(=O)OC(C)(C)C. The molecule has 0 bridgehead atoms. The first-order valence-electron chi connectivity index (χ1n) is 7.22. The summed E-state index contributed by atoms with van der Waals surface area (Å²) >= 11 is 0. The van der Waals surface area contributed by atoms with Gasteiger partial charge in [0.1, 0.15) is 13.7 Å². The van der Waals surface area contributed by atoms with E-state index in [1.54, 1.807) is 12.3 Å². The van der Waals surface area contributed by atoms with Crippen molar-refractivity contribution in [3.8, 4) is 11.5 Å². The number of nitrogen functional groups attached to an aromatic ring is 1. The normalized spacial score (nSPS) is 11.4. The van der Waals surface area contributed by atoms with Crippen LogP contribution in [0.25, 0.3) is 0 Å². The molecule has 1 aromatic heterocycles. The van der Waals surface area contributed by atoms with E-state index in [9.17, 15) is 4.79 Å². The minimum atomic E-state index is -1.50. The molecule has 0 aromatic carbocycles. The zero-order valence-electron chi connectivity index (χ0n) is 14.5. The summed E-state index contributed by atoms with van der Waals surface area (Å²) in [5.74, 6) is 9.04. The summed E-state index contributed by atoms with van der Waals surface area (Å²) in [6, 6.07) is 1.77. The molecule has 1 amide bonds. The van der Waals surface area contributed by atoms with Crippen molar-refractivity contribution < 1.29 is 14.2 Å². The summed E-state index contributed by atoms with van der Waals surface area (Å²) in [4.78, 5) is 11.9. The van der Waals surface area contributed by atoms with Gasteiger partial charge in [-0.05, 0) is 33.6 Å². The lowest BCUT2D eigenvalue weighted by Gasteiger charge is -2.19. The average molecular weight is 320 g/mol. The molecule has 0 fully saturated rings. The van der Waals surface area contributed by atoms with Crippen molar-refractivity contribution in [3.05, 3.63) is 23.5 Å². The Bertz CT molecular complexity index is 632. The lowest BCUT2D eigenvalue weighted by Crippen LogP contribution is -2.47. The predicted molar refractivity (Wildman–Crippen MR) is 91.6 cm³/mol. The molecule has 3 N–H and O–H groups in total. The van der Waals surface area contributed by atoms with E-state index in [1.807, 2.05) is 27.7 Å². The summed E-state index contributed by atoms with van der Waals surface area (Å²) in [7, 11) is -1.50. The summed E-state index contributed by atoms with van der Waals surface area (Å²) < 4.78 is 6.74. The minimum absolute atomic E-state index is 0.491. The second-order valence-corrected chi connectivity index (χ2v) is 12.0. The zero-order valence-corrected chi connectivity index (χ0v) is 15.5. The fourth-order valence-corrected chi connectivity index (χ4v) is 2.08. The van der Waals surface area contributed by atoms with Crippen LogP contribution in [0.4, 0.5) is 10.5 Å². The molecular formula is C16H26N3O2Si+. The van der Waals surface area contributed by atoms with Crippen molar-refractivity contribution in [2.45, 2.75) is 52.9 Å². The van der Waals surface area contributed by atoms with Crippen molar-refractivity contribution in [1.82, 2.24) is 0 Å². The van der Waals surface area contributed by atoms with Gasteiger partial charge in [-0.2, -0.15) is 0 Å². The van der Waals surface area contributed by atoms with Crippen LogP contribution in [0.5, 0.6) is 0 Å². The van der Waals surface area contributed by atoms with E-state index in [-0.39, 0.29) is 0 Å². The molecule has 5 nitrogen and oxygen atoms in total. The van der Waals surface area contributed by atoms with Crippen LogP contribution >= 0.6 is 0 Å². The van der Waals surface area contributed by atoms with Crippen LogP contribution in [0.3, 0.4) is 0 Å². The smallest absolute Gasteiger partial charge is 0.412 e. The van der Waals surface area contributed by atoms with Crippen molar-refractivity contribution in [2.24, 2.45) is 0 Å². The number of nitrogens with zero attached hydrogens (tertiary/aromatic N) is 1. The Morgan fingerprint density at radius 1 is 1.36 bits per heavy atom. The Morgan fingerprint density at radius 2 is 1.95 bits per heavy atom. The van der Waals surface area contributed by atoms with E-state index in [2.05, 4.69) is 36.4 Å². The third-order valence-corrected chi connectivity index (χ3v) is 3.39. The second-order valence-electron chi connectivity index (χ2n) is 7.29. The highest BCUT2D eigenvalue weighted by Crippen LogP contribution is 2.15. The largest absolute Gasteiger partial charge is 0.444 e. The molecular weight excluding hydrogens is 294 g/mol. The molecule has 120 valence electrons. The summed E-state index contributed by atoms with van der Waals surface area (Å²) in [5.41, 5.74) is 4.86. The molecule has 6 heteroatoms. The predicted octanol–water partition coefficient (Wildman–Crippen LogP) is 2.57. The first-order valence-corrected chi connectivity index (χ1v) is 10.7. The van der Waals surface area contributed by atoms with E-state index in [0.29, 0.717) is 11.4 Å². The van der Waals surface area contributed by atoms with Gasteiger partial charge in [0.2, 0.25) is 6.20 Å². The Morgan fingerprint density at radius 3 is 2.45 bits per heavy atom. The van der Waals surface area contributed by atoms with E-state index in [1.165, 1.54) is 4.68 Å². The molecule has 1 rings (SSSR count). The quantitative estimate of drug-likeness (QED) is 0.362. The van der Waals surface area contributed by atoms with E-state index in [4.69, 9.17) is 10.6 Å². The lowest BCUT2D eigenvalue weighted by molar-refractivity contribution is -0.641. The van der Waals surface area contributed by atoms with Crippen LogP contribution in [0.15, 0.2) is 12.3 Å². The van der Waals surface area contributed by atoms with Gasteiger partial charge in [0.25, 0.3) is 5.69 Å². The van der Waals surface area contributed by atoms with Gasteiger partial charge in [0.05, 0.1) is 5.69 Å². The van der Waals surface area contributed by atoms with Crippen LogP contribution in [-0.2, 0) is 4.74 Å². The Balaban J connectivity index is 3.06. The molecule has 0 atom stereocenters. The maximum absolute atomic E-state index is 11.9. The van der Waals surface area contributed by atoms with Gasteiger partial charge in [-0.25, -0.2) is 10.6 Å². The number of amides is 1. The summed E-state index contributed by atoms with van der Waals surface area (Å²) in [6.45, 7) is 13.8. The van der Waals surface area contributed by atoms with E-state index < -0.39 is 19.8 Å². The summed E-state index contributed by atoms with van der Waals surface area (Å²) in [5, 5.41) is 2.75. The Kier molecular flexibility index (Phi) is 5.25. The Hall–Kier alpha value is -2.00. The van der Waals surface area contributed by atoms with Crippen LogP contribution in [0.1, 0.15) is 32.0 Å². The minimum Gasteiger partial charge on any atom is -0.444 e. The van der Waals surface area contributed by atoms with E-state index in [0.717, 1.165) is 5.56 Å². The van der Waals surface area contributed by atoms with Crippen molar-refractivity contribution in [2.75, 3.05) is 11.2 Å². The maximum atomic E-state index is 11.9. The van der Waals surface area contributed by atoms with Gasteiger partial charge in [0.15, 0.2) is 0 Å². The highest BCUT2D eigenvalue weighted by molar-refractivity contribution is 6.83. The number of pyridine rings is 1. The lowest BCUT2D eigenvalue weighted by atomic mass is 10.2. The molecule has 0 unspecified atom stereocenters. The van der Waals surface area contributed by atoms with Gasteiger partial charge >= 0.3 is 6.09 Å². The van der Waals surface area contributed by atoms with Crippen LogP contribution in [0, 0.1) is 18.4 Å². The number of aromatic nitrogens is 1. The molecule has 22 heavy (non-hydrogen) atoms. The van der Waals surface area contributed by atoms with Gasteiger partial charge < -0.3 is 4.74 Å². The third-order valence-electron chi connectivity index (χ3n) is 2.52. The maximum Gasteiger partial charge on any atom is 0.412 e. The van der Waals surface area contributed by atoms with Gasteiger partial charge in [-0.3, -0.25) is 5.32 Å². The number of carbonyl (C=O) groups is 1. The fraction of sp³-hybridized carbons (Fsp3) is 0.500. The molecule has 0 aliphatic heterocycles. The Labute approximate surface area is 133 Å². The number of hydrogen-bond acceptors (Lipinski definition) is 3. The number of hydrogen-bond donors (Lipinski definition) is 2. The molecule has 0 radical (unpaired) electrons. The molecule has 0 saturated carbocycles. The number of anilines is 1. The third kappa shape index (κ3) is 6.18. The van der Waals surface area contributed by atoms with Gasteiger partial charge in [-0.15, -0.1) is 5.54 Å². The molecule has 0 aliphatic carbocycles. The number of aryl methyl sites for hydroxylation is 1. The van der Waals surface area contributed by atoms with Gasteiger partial charge in [0, 0.05) is 11.6 Å². The standard InChI is InChI=1S/C16H25N3O2Si/c1-12-11-19(17)13(8-9-22(5,6)7)10-14(12)18-15(20)21-16(2,3)4/h10-11H,17H2,1-7H3/p+1. The van der Waals surface area contributed by atoms with Crippen LogP contribution < -0.4 is 15.8 Å². The molecule has 1 heterocycles. The summed E-state index contributed by atoms with van der Waals surface area (Å²) in [6.07, 6.45) is 1.25. The number of rotatable bonds is 1. The zero-order chi connectivity index (χ0) is 17.1. The van der Waals surface area contributed by atoms with Crippen molar-refractivity contribution >= 4 is 19.9 Å². The monoisotopic (exact) mass is 320 g/mol. The average Bonchev–Trinajstić information content (AvgIpc) is 2.27. The number of carbonyl (C=O) groups excluding carboxylic acids is 1. The first-order chi connectivity index (χ1) is 9.87. The highest BCUT2D eigenvalue weighted by Gasteiger charge is 2.19. The topological polar surface area (TPSA) is 68.2 Å². The van der Waals surface area contributed by atoms with Gasteiger partial charge in [-0.1, -0.05) is 24.3 Å². The highest BCUT2D eigenvalue weighted by atomic mass is 28.3. The molecule has 0 spiro atoms. The number of nitrogens with one attached hydrogen (secondary N) is 1. The van der Waals surface area contributed by atoms with Crippen molar-refractivity contribution in [3.63, 3.8) is 0 Å². The van der Waals surface area contributed by atoms with Crippen LogP contribution in [0.2, 0.25) is 19.6 Å². The van der Waals surface area contributed by atoms with Crippen LogP contribution in [-0.4, -0.2) is 19.8 Å². The second kappa shape index (κ2) is 6.40. The molecule has 0 saturated heterocycles. The van der Waals surface area contributed by atoms with Crippen molar-refractivity contribution in [1.29, 1.82) is 0 Å². The first kappa shape index (κ1) is 18.0. The fourth-order valence-electron chi connectivity index (χ4n) is 1.57. The number of ether oxygens (including phenoxy) is 1. The molecule has 0 aliphatic rings. The molecule has 1 aromatic rings. The van der Waals surface area contributed by atoms with E-state index >= 15 is 0 Å². The number of nitrogens with two attached hydrogens (primary N) is 1.